The Labute approximate surface area is 113 Å². The molecule has 0 unspecified atom stereocenters. The first-order valence-corrected chi connectivity index (χ1v) is 6.66. The van der Waals surface area contributed by atoms with Crippen molar-refractivity contribution in [1.29, 1.82) is 0 Å². The van der Waals surface area contributed by atoms with Gasteiger partial charge in [-0.2, -0.15) is 0 Å². The molecule has 0 bridgehead atoms. The number of rotatable bonds is 4. The topological polar surface area (TPSA) is 53.6 Å². The maximum absolute atomic E-state index is 11.7. The Balaban J connectivity index is 1.68. The predicted octanol–water partition coefficient (Wildman–Crippen LogP) is 1.45. The number of anilines is 1. The van der Waals surface area contributed by atoms with Crippen LogP contribution >= 0.6 is 0 Å². The average molecular weight is 263 g/mol. The molecule has 1 heterocycles. The molecule has 1 aliphatic rings. The molecule has 1 aromatic carbocycles. The Morgan fingerprint density at radius 3 is 2.79 bits per heavy atom. The van der Waals surface area contributed by atoms with E-state index < -0.39 is 0 Å². The fourth-order valence-corrected chi connectivity index (χ4v) is 2.03. The molecule has 1 fully saturated rings. The van der Waals surface area contributed by atoms with Gasteiger partial charge in [0.1, 0.15) is 0 Å². The average Bonchev–Trinajstić information content (AvgIpc) is 2.43. The number of ether oxygens (including phenoxy) is 1. The number of hydrogen-bond acceptors (Lipinski definition) is 3. The first-order chi connectivity index (χ1) is 9.25. The number of carbonyl (C=O) groups is 1. The molecule has 1 aliphatic heterocycles. The number of amides is 2. The molecule has 0 spiro atoms. The first kappa shape index (κ1) is 13.8. The van der Waals surface area contributed by atoms with E-state index in [0.717, 1.165) is 44.1 Å². The van der Waals surface area contributed by atoms with Crippen LogP contribution in [0.1, 0.15) is 5.56 Å². The van der Waals surface area contributed by atoms with Crippen LogP contribution in [0.3, 0.4) is 0 Å². The third-order valence-electron chi connectivity index (χ3n) is 3.21. The summed E-state index contributed by atoms with van der Waals surface area (Å²) in [6.45, 7) is 6.96. The lowest BCUT2D eigenvalue weighted by Gasteiger charge is -2.26. The Morgan fingerprint density at radius 1 is 1.32 bits per heavy atom. The Kier molecular flexibility index (Phi) is 5.18. The van der Waals surface area contributed by atoms with Gasteiger partial charge in [-0.05, 0) is 18.6 Å². The summed E-state index contributed by atoms with van der Waals surface area (Å²) in [7, 11) is 0. The van der Waals surface area contributed by atoms with Crippen molar-refractivity contribution >= 4 is 11.7 Å². The summed E-state index contributed by atoms with van der Waals surface area (Å²) in [6.07, 6.45) is 0. The molecule has 5 nitrogen and oxygen atoms in total. The number of aryl methyl sites for hydroxylation is 1. The largest absolute Gasteiger partial charge is 0.379 e. The SMILES string of the molecule is Cc1ccccc1NC(=O)NCCN1CCOCC1. The standard InChI is InChI=1S/C14H21N3O2/c1-12-4-2-3-5-13(12)16-14(18)15-6-7-17-8-10-19-11-9-17/h2-5H,6-11H2,1H3,(H2,15,16,18). The molecule has 1 aromatic rings. The van der Waals surface area contributed by atoms with Crippen LogP contribution in [0.2, 0.25) is 0 Å². The summed E-state index contributed by atoms with van der Waals surface area (Å²) in [6, 6.07) is 7.59. The fraction of sp³-hybridized carbons (Fsp3) is 0.500. The maximum Gasteiger partial charge on any atom is 0.319 e. The molecule has 0 saturated carbocycles. The molecule has 104 valence electrons. The highest BCUT2D eigenvalue weighted by Crippen LogP contribution is 2.12. The van der Waals surface area contributed by atoms with Gasteiger partial charge in [0.2, 0.25) is 0 Å². The normalized spacial score (nSPS) is 16.1. The van der Waals surface area contributed by atoms with E-state index in [9.17, 15) is 4.79 Å². The number of morpholine rings is 1. The first-order valence-electron chi connectivity index (χ1n) is 6.66. The third kappa shape index (κ3) is 4.54. The van der Waals surface area contributed by atoms with E-state index in [1.54, 1.807) is 0 Å². The molecule has 19 heavy (non-hydrogen) atoms. The van der Waals surface area contributed by atoms with Crippen molar-refractivity contribution in [3.63, 3.8) is 0 Å². The van der Waals surface area contributed by atoms with Crippen LogP contribution in [0.25, 0.3) is 0 Å². The van der Waals surface area contributed by atoms with E-state index >= 15 is 0 Å². The van der Waals surface area contributed by atoms with Crippen LogP contribution in [0.4, 0.5) is 10.5 Å². The van der Waals surface area contributed by atoms with Gasteiger partial charge in [-0.15, -0.1) is 0 Å². The van der Waals surface area contributed by atoms with E-state index in [1.807, 2.05) is 31.2 Å². The number of urea groups is 1. The number of carbonyl (C=O) groups excluding carboxylic acids is 1. The van der Waals surface area contributed by atoms with Crippen LogP contribution in [-0.4, -0.2) is 50.3 Å². The monoisotopic (exact) mass is 263 g/mol. The van der Waals surface area contributed by atoms with E-state index in [0.29, 0.717) is 6.54 Å². The van der Waals surface area contributed by atoms with Gasteiger partial charge in [0.15, 0.2) is 0 Å². The van der Waals surface area contributed by atoms with Gasteiger partial charge in [-0.25, -0.2) is 4.79 Å². The highest BCUT2D eigenvalue weighted by Gasteiger charge is 2.10. The predicted molar refractivity (Wildman–Crippen MR) is 75.5 cm³/mol. The van der Waals surface area contributed by atoms with Gasteiger partial charge >= 0.3 is 6.03 Å². The highest BCUT2D eigenvalue weighted by molar-refractivity contribution is 5.89. The van der Waals surface area contributed by atoms with Crippen LogP contribution in [0.5, 0.6) is 0 Å². The molecular formula is C14H21N3O2. The second kappa shape index (κ2) is 7.11. The van der Waals surface area contributed by atoms with E-state index in [4.69, 9.17) is 4.74 Å². The minimum atomic E-state index is -0.150. The quantitative estimate of drug-likeness (QED) is 0.864. The number of benzene rings is 1. The van der Waals surface area contributed by atoms with E-state index in [2.05, 4.69) is 15.5 Å². The molecule has 0 aromatic heterocycles. The molecular weight excluding hydrogens is 242 g/mol. The van der Waals surface area contributed by atoms with Gasteiger partial charge < -0.3 is 15.4 Å². The smallest absolute Gasteiger partial charge is 0.319 e. The van der Waals surface area contributed by atoms with Crippen LogP contribution in [0, 0.1) is 6.92 Å². The lowest BCUT2D eigenvalue weighted by atomic mass is 10.2. The summed E-state index contributed by atoms with van der Waals surface area (Å²) >= 11 is 0. The lowest BCUT2D eigenvalue weighted by molar-refractivity contribution is 0.0388. The van der Waals surface area contributed by atoms with Crippen molar-refractivity contribution in [3.8, 4) is 0 Å². The minimum Gasteiger partial charge on any atom is -0.379 e. The number of hydrogen-bond donors (Lipinski definition) is 2. The molecule has 2 amide bonds. The van der Waals surface area contributed by atoms with Crippen LogP contribution in [0.15, 0.2) is 24.3 Å². The van der Waals surface area contributed by atoms with Crippen LogP contribution in [-0.2, 0) is 4.74 Å². The summed E-state index contributed by atoms with van der Waals surface area (Å²) in [5.74, 6) is 0. The maximum atomic E-state index is 11.7. The summed E-state index contributed by atoms with van der Waals surface area (Å²) < 4.78 is 5.28. The summed E-state index contributed by atoms with van der Waals surface area (Å²) in [5.41, 5.74) is 1.91. The van der Waals surface area contributed by atoms with Crippen molar-refractivity contribution in [2.75, 3.05) is 44.7 Å². The molecule has 0 radical (unpaired) electrons. The zero-order chi connectivity index (χ0) is 13.5. The summed E-state index contributed by atoms with van der Waals surface area (Å²) in [4.78, 5) is 14.0. The van der Waals surface area contributed by atoms with Gasteiger partial charge in [0.25, 0.3) is 0 Å². The van der Waals surface area contributed by atoms with E-state index in [1.165, 1.54) is 0 Å². The zero-order valence-electron chi connectivity index (χ0n) is 11.3. The number of para-hydroxylation sites is 1. The second-order valence-electron chi connectivity index (χ2n) is 4.65. The molecule has 0 atom stereocenters. The van der Waals surface area contributed by atoms with Gasteiger partial charge in [0, 0.05) is 31.9 Å². The van der Waals surface area contributed by atoms with Crippen LogP contribution < -0.4 is 10.6 Å². The lowest BCUT2D eigenvalue weighted by Crippen LogP contribution is -2.42. The Bertz CT molecular complexity index is 417. The van der Waals surface area contributed by atoms with Gasteiger partial charge in [0.05, 0.1) is 13.2 Å². The molecule has 0 aliphatic carbocycles. The van der Waals surface area contributed by atoms with Gasteiger partial charge in [-0.1, -0.05) is 18.2 Å². The Morgan fingerprint density at radius 2 is 2.05 bits per heavy atom. The van der Waals surface area contributed by atoms with Crippen molar-refractivity contribution in [2.24, 2.45) is 0 Å². The van der Waals surface area contributed by atoms with Crippen molar-refractivity contribution in [3.05, 3.63) is 29.8 Å². The third-order valence-corrected chi connectivity index (χ3v) is 3.21. The van der Waals surface area contributed by atoms with Crippen molar-refractivity contribution in [2.45, 2.75) is 6.92 Å². The molecule has 1 saturated heterocycles. The number of nitrogens with one attached hydrogen (secondary N) is 2. The van der Waals surface area contributed by atoms with E-state index in [-0.39, 0.29) is 6.03 Å². The van der Waals surface area contributed by atoms with Crippen molar-refractivity contribution < 1.29 is 9.53 Å². The summed E-state index contributed by atoms with van der Waals surface area (Å²) in [5, 5.41) is 5.73. The minimum absolute atomic E-state index is 0.150. The number of nitrogens with zero attached hydrogens (tertiary/aromatic N) is 1. The second-order valence-corrected chi connectivity index (χ2v) is 4.65. The van der Waals surface area contributed by atoms with Gasteiger partial charge in [-0.3, -0.25) is 4.90 Å². The molecule has 2 rings (SSSR count). The van der Waals surface area contributed by atoms with Crippen molar-refractivity contribution in [1.82, 2.24) is 10.2 Å². The molecule has 5 heteroatoms. The molecule has 2 N–H and O–H groups in total. The zero-order valence-corrected chi connectivity index (χ0v) is 11.3. The highest BCUT2D eigenvalue weighted by atomic mass is 16.5. The Hall–Kier alpha value is -1.59. The fourth-order valence-electron chi connectivity index (χ4n) is 2.03.